The standard InChI is InChI=1S/C75H101N13O15S3/c1-4-27-88-38-47(31-53-52-17-13-20-56-66(52)49(37-79-56)35-63(53)88)42-106-43-65(92)77-26-28-102-29-30-103-39-64(91)80-58(32-45-14-7-6-8-15-45)70(95)86-61(40-104)73(98)83-59(33-46-21-23-50(90)24-22-46)71(96)84-60(34-48-36-78-55-18-10-9-16-51(48)55)72(97)82-57(19-11-12-25-76)69(94)81-54(5-2)68(93)85-62(41-105)74(99)87-67(44(3)89)75(100)101/h6-10,13-18,20-24,36-37,44,47,53-54,57-63,67,78-79,89-90,104-105H,4-5,11-12,19,25-35,38-43,76H2,1-3H3,(H,77,92)(H,80,91)(H,81,94)(H,82,97)(H,83,98)(H,84,96)(H,85,93)(H,86,95)(H,87,99)(H,100,101)/t44-,47-,53?,54+,57+,58-,59+,60-,61+,62+,63?,67+/m1/s1. The van der Waals surface area contributed by atoms with Gasteiger partial charge in [0.1, 0.15) is 54.6 Å². The van der Waals surface area contributed by atoms with Gasteiger partial charge in [-0.15, -0.1) is 0 Å². The van der Waals surface area contributed by atoms with E-state index >= 15 is 0 Å². The number of aromatic hydroxyl groups is 1. The molecule has 0 saturated carbocycles. The van der Waals surface area contributed by atoms with Crippen molar-refractivity contribution in [1.29, 1.82) is 0 Å². The maximum Gasteiger partial charge on any atom is 0.328 e. The molecule has 0 radical (unpaired) electrons. The second-order valence-electron chi connectivity index (χ2n) is 26.8. The van der Waals surface area contributed by atoms with Gasteiger partial charge in [0.05, 0.1) is 31.7 Å². The predicted octanol–water partition coefficient (Wildman–Crippen LogP) is 2.45. The number of phenols is 1. The molecule has 12 atom stereocenters. The molecule has 31 heteroatoms. The van der Waals surface area contributed by atoms with Crippen molar-refractivity contribution < 1.29 is 72.7 Å². The summed E-state index contributed by atoms with van der Waals surface area (Å²) in [5.74, 6) is -6.76. The number of hydrogen-bond donors (Lipinski definition) is 17. The van der Waals surface area contributed by atoms with Crippen LogP contribution in [0, 0.1) is 5.92 Å². The fourth-order valence-corrected chi connectivity index (χ4v) is 15.0. The lowest BCUT2D eigenvalue weighted by molar-refractivity contribution is -0.145. The van der Waals surface area contributed by atoms with E-state index in [1.54, 1.807) is 67.3 Å². The van der Waals surface area contributed by atoms with Crippen molar-refractivity contribution in [3.05, 3.63) is 137 Å². The van der Waals surface area contributed by atoms with E-state index in [1.807, 2.05) is 12.1 Å². The van der Waals surface area contributed by atoms with Crippen molar-refractivity contribution in [3.8, 4) is 5.75 Å². The number of aliphatic hydroxyl groups is 1. The van der Waals surface area contributed by atoms with Crippen LogP contribution in [0.5, 0.6) is 5.75 Å². The van der Waals surface area contributed by atoms with Crippen molar-refractivity contribution >= 4 is 118 Å². The molecule has 1 aliphatic heterocycles. The second kappa shape index (κ2) is 42.0. The van der Waals surface area contributed by atoms with Crippen LogP contribution in [-0.4, -0.2) is 225 Å². The van der Waals surface area contributed by atoms with Crippen molar-refractivity contribution in [2.75, 3.05) is 75.6 Å². The average molecular weight is 1520 g/mol. The molecule has 9 amide bonds. The number of nitrogens with two attached hydrogens (primary N) is 1. The highest BCUT2D eigenvalue weighted by Gasteiger charge is 2.41. The number of thiol groups is 2. The third-order valence-electron chi connectivity index (χ3n) is 18.9. The summed E-state index contributed by atoms with van der Waals surface area (Å²) < 4.78 is 11.3. The summed E-state index contributed by atoms with van der Waals surface area (Å²) in [6, 6.07) is 17.6. The number of thioether (sulfide) groups is 1. The summed E-state index contributed by atoms with van der Waals surface area (Å²) in [6.07, 6.45) is 5.93. The van der Waals surface area contributed by atoms with Crippen molar-refractivity contribution in [2.24, 2.45) is 11.7 Å². The number of hydrogen-bond acceptors (Lipinski definition) is 19. The van der Waals surface area contributed by atoms with Gasteiger partial charge in [-0.05, 0) is 129 Å². The maximum atomic E-state index is 15.0. The number of para-hydroxylation sites is 1. The number of carbonyl (C=O) groups is 10. The van der Waals surface area contributed by atoms with Crippen molar-refractivity contribution in [3.63, 3.8) is 0 Å². The van der Waals surface area contributed by atoms with Gasteiger partial charge in [-0.25, -0.2) is 4.79 Å². The molecule has 0 spiro atoms. The lowest BCUT2D eigenvalue weighted by atomic mass is 9.72. The summed E-state index contributed by atoms with van der Waals surface area (Å²) >= 11 is 10.2. The zero-order chi connectivity index (χ0) is 76.2. The number of rotatable bonds is 44. The Morgan fingerprint density at radius 1 is 0.632 bits per heavy atom. The fraction of sp³-hybridized carbons (Fsp3) is 0.493. The van der Waals surface area contributed by atoms with Gasteiger partial charge in [0.15, 0.2) is 6.04 Å². The molecule has 1 aliphatic carbocycles. The first kappa shape index (κ1) is 83.0. The highest BCUT2D eigenvalue weighted by atomic mass is 32.2. The number of unbranched alkanes of at least 4 members (excludes halogenated alkanes) is 1. The van der Waals surface area contributed by atoms with Gasteiger partial charge < -0.3 is 88.3 Å². The number of benzene rings is 4. The monoisotopic (exact) mass is 1520 g/mol. The topological polar surface area (TPSA) is 419 Å². The first-order valence-electron chi connectivity index (χ1n) is 36.1. The number of nitrogens with zero attached hydrogens (tertiary/aromatic N) is 1. The number of likely N-dealkylation sites (tertiary alicyclic amines) is 1. The SMILES string of the molecule is CCCN1C[C@H](CSCC(=O)NCCOCCOCC(=O)N[C@H](Cc2ccccc2)C(=O)N[C@@H](CS)C(=O)N[C@@H](Cc2ccc(O)cc2)C(=O)N[C@H](Cc2c[nH]c3ccccc23)C(=O)N[C@@H](CCCCN)C(=O)N[C@@H](CC)C(=O)N[C@@H](CS)C(=O)N[C@H](C(=O)O)[C@@H](C)O)CC2c3cccc4[nH]cc(c34)CC21. The first-order valence-corrected chi connectivity index (χ1v) is 38.5. The first-order chi connectivity index (χ1) is 51.1. The Hall–Kier alpha value is -8.69. The van der Waals surface area contributed by atoms with E-state index in [4.69, 9.17) is 15.2 Å². The summed E-state index contributed by atoms with van der Waals surface area (Å²) in [5, 5.41) is 55.6. The number of aliphatic hydroxyl groups excluding tert-OH is 1. The molecule has 8 rings (SSSR count). The zero-order valence-electron chi connectivity index (χ0n) is 59.9. The number of aromatic amines is 2. The Labute approximate surface area is 631 Å². The molecule has 28 nitrogen and oxygen atoms in total. The average Bonchev–Trinajstić information content (AvgIpc) is 1.39. The number of fused-ring (bicyclic) bond motifs is 3. The molecule has 574 valence electrons. The Balaban J connectivity index is 0.862. The molecule has 1 saturated heterocycles. The molecule has 6 aromatic rings. The highest BCUT2D eigenvalue weighted by Crippen LogP contribution is 2.45. The Morgan fingerprint density at radius 2 is 1.21 bits per heavy atom. The summed E-state index contributed by atoms with van der Waals surface area (Å²) in [5.41, 5.74) is 12.3. The van der Waals surface area contributed by atoms with Gasteiger partial charge in [0.2, 0.25) is 53.2 Å². The molecule has 0 bridgehead atoms. The van der Waals surface area contributed by atoms with Crippen LogP contribution in [-0.2, 0) is 83.1 Å². The quantitative estimate of drug-likeness (QED) is 0.0193. The Bertz CT molecular complexity index is 3920. The maximum absolute atomic E-state index is 15.0. The molecule has 16 N–H and O–H groups in total. The summed E-state index contributed by atoms with van der Waals surface area (Å²) in [6.45, 7) is 7.46. The van der Waals surface area contributed by atoms with Crippen LogP contribution in [0.25, 0.3) is 21.8 Å². The molecular formula is C75H101N13O15S3. The van der Waals surface area contributed by atoms with E-state index < -0.39 is 114 Å². The van der Waals surface area contributed by atoms with Crippen molar-refractivity contribution in [1.82, 2.24) is 62.7 Å². The third-order valence-corrected chi connectivity index (χ3v) is 20.8. The number of carbonyl (C=O) groups excluding carboxylic acids is 9. The lowest BCUT2D eigenvalue weighted by Gasteiger charge is -2.47. The van der Waals surface area contributed by atoms with Crippen LogP contribution >= 0.6 is 37.0 Å². The highest BCUT2D eigenvalue weighted by molar-refractivity contribution is 7.99. The number of piperidine rings is 1. The van der Waals surface area contributed by atoms with Crippen molar-refractivity contribution in [2.45, 2.75) is 151 Å². The van der Waals surface area contributed by atoms with Crippen LogP contribution in [0.3, 0.4) is 0 Å². The van der Waals surface area contributed by atoms with Gasteiger partial charge in [-0.3, -0.25) is 48.1 Å². The lowest BCUT2D eigenvalue weighted by Crippen LogP contribution is -2.61. The van der Waals surface area contributed by atoms with E-state index in [9.17, 15) is 63.3 Å². The van der Waals surface area contributed by atoms with Crippen LogP contribution in [0.1, 0.15) is 93.0 Å². The molecule has 2 aliphatic rings. The molecule has 106 heavy (non-hydrogen) atoms. The molecule has 2 aromatic heterocycles. The van der Waals surface area contributed by atoms with Crippen LogP contribution in [0.4, 0.5) is 0 Å². The molecule has 1 fully saturated rings. The number of amides is 9. The predicted molar refractivity (Wildman–Crippen MR) is 410 cm³/mol. The Kier molecular flexibility index (Phi) is 32.9. The van der Waals surface area contributed by atoms with E-state index in [-0.39, 0.29) is 88.2 Å². The zero-order valence-corrected chi connectivity index (χ0v) is 62.6. The Morgan fingerprint density at radius 3 is 1.87 bits per heavy atom. The largest absolute Gasteiger partial charge is 0.508 e. The molecule has 3 heterocycles. The van der Waals surface area contributed by atoms with Crippen LogP contribution < -0.4 is 53.6 Å². The molecular weight excluding hydrogens is 1420 g/mol. The molecule has 4 aromatic carbocycles. The van der Waals surface area contributed by atoms with Crippen LogP contribution in [0.15, 0.2) is 109 Å². The normalized spacial score (nSPS) is 17.3. The van der Waals surface area contributed by atoms with E-state index in [1.165, 1.54) is 53.2 Å². The number of aliphatic carboxylic acids is 1. The van der Waals surface area contributed by atoms with Gasteiger partial charge in [-0.2, -0.15) is 37.0 Å². The van der Waals surface area contributed by atoms with Gasteiger partial charge in [0, 0.05) is 90.0 Å². The van der Waals surface area contributed by atoms with Gasteiger partial charge in [-0.1, -0.05) is 86.6 Å². The minimum absolute atomic E-state index is 0.00490. The molecule has 2 unspecified atom stereocenters. The number of ether oxygens (including phenoxy) is 2. The number of carboxylic acids is 1. The number of H-pyrrole nitrogens is 2. The summed E-state index contributed by atoms with van der Waals surface area (Å²) in [4.78, 5) is 147. The number of phenolic OH excluding ortho intramolecular Hbond substituents is 1. The smallest absolute Gasteiger partial charge is 0.328 e. The van der Waals surface area contributed by atoms with E-state index in [2.05, 4.69) is 119 Å². The summed E-state index contributed by atoms with van der Waals surface area (Å²) in [7, 11) is 0. The second-order valence-corrected chi connectivity index (χ2v) is 28.6. The minimum atomic E-state index is -1.70. The minimum Gasteiger partial charge on any atom is -0.508 e. The van der Waals surface area contributed by atoms with E-state index in [0.29, 0.717) is 64.1 Å². The fourth-order valence-electron chi connectivity index (χ4n) is 13.5. The number of carboxylic acid groups (broad SMARTS) is 1. The third kappa shape index (κ3) is 24.2. The number of nitrogens with one attached hydrogen (secondary N) is 11. The van der Waals surface area contributed by atoms with Crippen LogP contribution in [0.2, 0.25) is 0 Å². The van der Waals surface area contributed by atoms with Gasteiger partial charge >= 0.3 is 5.97 Å². The van der Waals surface area contributed by atoms with E-state index in [0.717, 1.165) is 38.1 Å². The number of aromatic nitrogens is 2. The van der Waals surface area contributed by atoms with Gasteiger partial charge in [0.25, 0.3) is 0 Å².